The summed E-state index contributed by atoms with van der Waals surface area (Å²) < 4.78 is 0. The molecule has 0 saturated heterocycles. The first-order valence-corrected chi connectivity index (χ1v) is 2.82. The van der Waals surface area contributed by atoms with Gasteiger partial charge in [0.15, 0.2) is 5.36 Å². The Morgan fingerprint density at radius 1 is 1.33 bits per heavy atom. The van der Waals surface area contributed by atoms with Gasteiger partial charge in [-0.15, -0.1) is 10.2 Å². The van der Waals surface area contributed by atoms with Gasteiger partial charge >= 0.3 is 0 Å². The summed E-state index contributed by atoms with van der Waals surface area (Å²) in [5.74, 6) is 0. The lowest BCUT2D eigenvalue weighted by Crippen LogP contribution is -2.34. The standard InChI is InChI=1S/C5H2ClN3/c6-3-1-2-7-5-4(3)8-9-5/h1-2H. The van der Waals surface area contributed by atoms with Crippen molar-refractivity contribution in [2.45, 2.75) is 0 Å². The number of pyridine rings is 1. The number of fused-ring (bicyclic) bond motifs is 1. The number of hydrogen-bond acceptors (Lipinski definition) is 3. The van der Waals surface area contributed by atoms with Crippen LogP contribution >= 0.6 is 11.6 Å². The van der Waals surface area contributed by atoms with Gasteiger partial charge in [-0.25, -0.2) is 4.98 Å². The second-order valence-electron chi connectivity index (χ2n) is 1.66. The van der Waals surface area contributed by atoms with Crippen LogP contribution in [0.1, 0.15) is 0 Å². The molecule has 44 valence electrons. The fourth-order valence-electron chi connectivity index (χ4n) is 0.638. The Morgan fingerprint density at radius 2 is 2.22 bits per heavy atom. The lowest BCUT2D eigenvalue weighted by atomic mass is 10.4. The van der Waals surface area contributed by atoms with Gasteiger partial charge in [0, 0.05) is 6.20 Å². The Bertz CT molecular complexity index is 357. The van der Waals surface area contributed by atoms with Crippen molar-refractivity contribution in [3.05, 3.63) is 28.1 Å². The SMILES string of the molecule is Clc1ccnc2c1=NN=2. The third kappa shape index (κ3) is 0.549. The maximum Gasteiger partial charge on any atom is 0.203 e. The summed E-state index contributed by atoms with van der Waals surface area (Å²) in [6.07, 6.45) is 1.61. The van der Waals surface area contributed by atoms with E-state index in [1.807, 2.05) is 0 Å². The summed E-state index contributed by atoms with van der Waals surface area (Å²) in [5.41, 5.74) is 0.641. The molecular weight excluding hydrogens is 138 g/mol. The van der Waals surface area contributed by atoms with Crippen LogP contribution in [0.4, 0.5) is 0 Å². The van der Waals surface area contributed by atoms with E-state index in [-0.39, 0.29) is 0 Å². The molecule has 3 nitrogen and oxygen atoms in total. The summed E-state index contributed by atoms with van der Waals surface area (Å²) in [4.78, 5) is 3.88. The van der Waals surface area contributed by atoms with Gasteiger partial charge < -0.3 is 0 Å². The molecule has 0 unspecified atom stereocenters. The quantitative estimate of drug-likeness (QED) is 0.495. The first-order valence-electron chi connectivity index (χ1n) is 2.44. The van der Waals surface area contributed by atoms with Crippen LogP contribution in [0.2, 0.25) is 5.02 Å². The molecule has 1 aliphatic rings. The van der Waals surface area contributed by atoms with E-state index in [9.17, 15) is 0 Å². The highest BCUT2D eigenvalue weighted by atomic mass is 35.5. The molecule has 2 rings (SSSR count). The summed E-state index contributed by atoms with van der Waals surface area (Å²) in [6.45, 7) is 0. The molecule has 1 aliphatic heterocycles. The molecule has 0 fully saturated rings. The molecule has 0 bridgehead atoms. The zero-order valence-corrected chi connectivity index (χ0v) is 5.13. The van der Waals surface area contributed by atoms with Crippen molar-refractivity contribution >= 4 is 11.6 Å². The van der Waals surface area contributed by atoms with E-state index in [1.165, 1.54) is 0 Å². The first kappa shape index (κ1) is 4.88. The molecule has 0 saturated carbocycles. The number of aromatic nitrogens is 1. The van der Waals surface area contributed by atoms with Crippen molar-refractivity contribution in [2.24, 2.45) is 10.2 Å². The topological polar surface area (TPSA) is 37.6 Å². The van der Waals surface area contributed by atoms with E-state index in [0.717, 1.165) is 0 Å². The zero-order chi connectivity index (χ0) is 6.27. The highest BCUT2D eigenvalue weighted by Crippen LogP contribution is 1.96. The summed E-state index contributed by atoms with van der Waals surface area (Å²) in [6, 6.07) is 1.69. The molecule has 0 aliphatic carbocycles. The van der Waals surface area contributed by atoms with Crippen molar-refractivity contribution in [3.8, 4) is 0 Å². The van der Waals surface area contributed by atoms with Crippen LogP contribution < -0.4 is 10.8 Å². The van der Waals surface area contributed by atoms with Crippen LogP contribution in [0.25, 0.3) is 0 Å². The average molecular weight is 140 g/mol. The van der Waals surface area contributed by atoms with Crippen LogP contribution in [0, 0.1) is 0 Å². The normalized spacial score (nSPS) is 12.6. The van der Waals surface area contributed by atoms with Crippen molar-refractivity contribution < 1.29 is 0 Å². The summed E-state index contributed by atoms with van der Waals surface area (Å²) in [7, 11) is 0. The van der Waals surface area contributed by atoms with Gasteiger partial charge in [-0.1, -0.05) is 11.6 Å². The van der Waals surface area contributed by atoms with Crippen LogP contribution in [-0.2, 0) is 0 Å². The Labute approximate surface area is 55.7 Å². The average Bonchev–Trinajstić information content (AvgIpc) is 1.74. The number of hydrogen-bond donors (Lipinski definition) is 0. The van der Waals surface area contributed by atoms with Gasteiger partial charge in [-0.2, -0.15) is 0 Å². The maximum atomic E-state index is 5.67. The molecule has 0 N–H and O–H groups in total. The van der Waals surface area contributed by atoms with Gasteiger partial charge in [0.25, 0.3) is 0 Å². The van der Waals surface area contributed by atoms with Crippen molar-refractivity contribution in [1.82, 2.24) is 4.98 Å². The van der Waals surface area contributed by atoms with Crippen molar-refractivity contribution in [1.29, 1.82) is 0 Å². The summed E-state index contributed by atoms with van der Waals surface area (Å²) >= 11 is 5.67. The second-order valence-corrected chi connectivity index (χ2v) is 2.07. The summed E-state index contributed by atoms with van der Waals surface area (Å²) in [5, 5.41) is 8.61. The molecule has 9 heavy (non-hydrogen) atoms. The Hall–Kier alpha value is -0.960. The third-order valence-electron chi connectivity index (χ3n) is 1.10. The molecule has 1 aromatic heterocycles. The number of rotatable bonds is 0. The zero-order valence-electron chi connectivity index (χ0n) is 4.37. The lowest BCUT2D eigenvalue weighted by Gasteiger charge is -1.94. The van der Waals surface area contributed by atoms with Crippen molar-refractivity contribution in [3.63, 3.8) is 0 Å². The highest BCUT2D eigenvalue weighted by Gasteiger charge is 2.01. The minimum absolute atomic E-state index is 0.620. The molecule has 0 aromatic carbocycles. The van der Waals surface area contributed by atoms with E-state index in [1.54, 1.807) is 12.3 Å². The largest absolute Gasteiger partial charge is 0.234 e. The fourth-order valence-corrected chi connectivity index (χ4v) is 0.817. The molecule has 2 heterocycles. The first-order chi connectivity index (χ1) is 4.38. The highest BCUT2D eigenvalue weighted by molar-refractivity contribution is 6.30. The lowest BCUT2D eigenvalue weighted by molar-refractivity contribution is 0.882. The molecule has 0 radical (unpaired) electrons. The van der Waals surface area contributed by atoms with E-state index in [4.69, 9.17) is 11.6 Å². The van der Waals surface area contributed by atoms with E-state index in [2.05, 4.69) is 15.2 Å². The van der Waals surface area contributed by atoms with Crippen molar-refractivity contribution in [2.75, 3.05) is 0 Å². The molecule has 1 aromatic rings. The van der Waals surface area contributed by atoms with Gasteiger partial charge in [-0.3, -0.25) is 0 Å². The smallest absolute Gasteiger partial charge is 0.203 e. The van der Waals surface area contributed by atoms with E-state index < -0.39 is 0 Å². The van der Waals surface area contributed by atoms with Crippen LogP contribution in [0.15, 0.2) is 22.5 Å². The predicted octanol–water partition coefficient (Wildman–Crippen LogP) is -0.0972. The van der Waals surface area contributed by atoms with E-state index in [0.29, 0.717) is 15.9 Å². The monoisotopic (exact) mass is 139 g/mol. The molecule has 0 amide bonds. The Morgan fingerprint density at radius 3 is 2.67 bits per heavy atom. The van der Waals surface area contributed by atoms with Crippen LogP contribution in [-0.4, -0.2) is 4.98 Å². The predicted molar refractivity (Wildman–Crippen MR) is 31.6 cm³/mol. The Kier molecular flexibility index (Phi) is 0.818. The minimum atomic E-state index is 0.620. The number of nitrogens with zero attached hydrogens (tertiary/aromatic N) is 3. The minimum Gasteiger partial charge on any atom is -0.234 e. The second kappa shape index (κ2) is 1.51. The fraction of sp³-hybridized carbons (Fsp3) is 0. The van der Waals surface area contributed by atoms with Gasteiger partial charge in [0.2, 0.25) is 5.49 Å². The third-order valence-corrected chi connectivity index (χ3v) is 1.41. The van der Waals surface area contributed by atoms with Gasteiger partial charge in [0.05, 0.1) is 5.02 Å². The number of halogens is 1. The Balaban J connectivity index is 2.97. The molecular formula is C5H2ClN3. The van der Waals surface area contributed by atoms with Gasteiger partial charge in [0.1, 0.15) is 0 Å². The maximum absolute atomic E-state index is 5.67. The van der Waals surface area contributed by atoms with Gasteiger partial charge in [-0.05, 0) is 6.07 Å². The molecule has 4 heteroatoms. The van der Waals surface area contributed by atoms with Crippen LogP contribution in [0.3, 0.4) is 0 Å². The molecule has 0 atom stereocenters. The molecule has 0 spiro atoms. The van der Waals surface area contributed by atoms with Crippen LogP contribution in [0.5, 0.6) is 0 Å². The van der Waals surface area contributed by atoms with E-state index >= 15 is 0 Å².